The molecule has 0 atom stereocenters. The predicted octanol–water partition coefficient (Wildman–Crippen LogP) is 8.04. The van der Waals surface area contributed by atoms with Crippen LogP contribution in [0.1, 0.15) is 70.3 Å². The summed E-state index contributed by atoms with van der Waals surface area (Å²) in [6.45, 7) is 2.25. The van der Waals surface area contributed by atoms with Gasteiger partial charge in [-0.2, -0.15) is 0 Å². The summed E-state index contributed by atoms with van der Waals surface area (Å²) >= 11 is 3.44. The molecule has 0 unspecified atom stereocenters. The Balaban J connectivity index is 1.89. The topological polar surface area (TPSA) is 0 Å². The Morgan fingerprint density at radius 2 is 1.68 bits per heavy atom. The molecule has 2 aromatic rings. The van der Waals surface area contributed by atoms with Crippen LogP contribution in [0.25, 0.3) is 11.1 Å². The quantitative estimate of drug-likeness (QED) is 0.428. The molecular formula is C23H28BrF. The van der Waals surface area contributed by atoms with Gasteiger partial charge in [0.25, 0.3) is 0 Å². The number of hydrogen-bond acceptors (Lipinski definition) is 0. The van der Waals surface area contributed by atoms with Gasteiger partial charge < -0.3 is 0 Å². The first kappa shape index (κ1) is 18.6. The molecule has 25 heavy (non-hydrogen) atoms. The van der Waals surface area contributed by atoms with Crippen LogP contribution in [-0.4, -0.2) is 0 Å². The van der Waals surface area contributed by atoms with Gasteiger partial charge in [-0.15, -0.1) is 0 Å². The van der Waals surface area contributed by atoms with Crippen LogP contribution in [0.3, 0.4) is 0 Å². The molecule has 2 aromatic carbocycles. The maximum Gasteiger partial charge on any atom is 0.131 e. The molecule has 0 amide bonds. The first-order chi connectivity index (χ1) is 12.1. The molecule has 1 fully saturated rings. The molecule has 0 aliphatic heterocycles. The van der Waals surface area contributed by atoms with Gasteiger partial charge >= 0.3 is 0 Å². The summed E-state index contributed by atoms with van der Waals surface area (Å²) in [5.41, 5.74) is 3.07. The number of hydrogen-bond donors (Lipinski definition) is 0. The van der Waals surface area contributed by atoms with Gasteiger partial charge in [-0.25, -0.2) is 4.39 Å². The van der Waals surface area contributed by atoms with Crippen LogP contribution in [0.2, 0.25) is 0 Å². The standard InChI is InChI=1S/C23H28BrF/c1-2-3-5-14-23(15-6-4-7-16-23)19-10-13-21(22(25)17-19)18-8-11-20(24)12-9-18/h8-13,17H,2-7,14-16H2,1H3. The molecule has 0 saturated heterocycles. The van der Waals surface area contributed by atoms with Gasteiger partial charge in [0.2, 0.25) is 0 Å². The van der Waals surface area contributed by atoms with Crippen LogP contribution in [-0.2, 0) is 5.41 Å². The molecule has 0 N–H and O–H groups in total. The molecule has 3 rings (SSSR count). The summed E-state index contributed by atoms with van der Waals surface area (Å²) in [6, 6.07) is 13.9. The zero-order chi connectivity index (χ0) is 17.7. The Morgan fingerprint density at radius 3 is 2.32 bits per heavy atom. The Labute approximate surface area is 160 Å². The second kappa shape index (κ2) is 8.49. The molecular weight excluding hydrogens is 375 g/mol. The average Bonchev–Trinajstić information content (AvgIpc) is 2.64. The maximum absolute atomic E-state index is 14.9. The van der Waals surface area contributed by atoms with Crippen LogP contribution in [0.15, 0.2) is 46.9 Å². The van der Waals surface area contributed by atoms with Gasteiger partial charge in [0, 0.05) is 10.0 Å². The first-order valence-corrected chi connectivity index (χ1v) is 10.5. The van der Waals surface area contributed by atoms with Crippen LogP contribution in [0.4, 0.5) is 4.39 Å². The zero-order valence-electron chi connectivity index (χ0n) is 15.2. The van der Waals surface area contributed by atoms with Crippen molar-refractivity contribution in [3.05, 3.63) is 58.3 Å². The Hall–Kier alpha value is -1.15. The summed E-state index contributed by atoms with van der Waals surface area (Å²) < 4.78 is 16.0. The Bertz CT molecular complexity index is 684. The summed E-state index contributed by atoms with van der Waals surface area (Å²) in [4.78, 5) is 0. The third-order valence-corrected chi connectivity index (χ3v) is 6.33. The molecule has 1 aliphatic rings. The summed E-state index contributed by atoms with van der Waals surface area (Å²) in [6.07, 6.45) is 11.3. The minimum Gasteiger partial charge on any atom is -0.206 e. The van der Waals surface area contributed by atoms with E-state index in [1.165, 1.54) is 63.4 Å². The number of halogens is 2. The fraction of sp³-hybridized carbons (Fsp3) is 0.478. The number of rotatable bonds is 6. The number of unbranched alkanes of at least 4 members (excludes halogenated alkanes) is 2. The predicted molar refractivity (Wildman–Crippen MR) is 108 cm³/mol. The van der Waals surface area contributed by atoms with E-state index >= 15 is 0 Å². The van der Waals surface area contributed by atoms with Crippen LogP contribution in [0.5, 0.6) is 0 Å². The second-order valence-electron chi connectivity index (χ2n) is 7.50. The van der Waals surface area contributed by atoms with E-state index < -0.39 is 0 Å². The van der Waals surface area contributed by atoms with E-state index in [9.17, 15) is 4.39 Å². The van der Waals surface area contributed by atoms with Crippen molar-refractivity contribution in [2.24, 2.45) is 0 Å². The van der Waals surface area contributed by atoms with E-state index in [1.807, 2.05) is 36.4 Å². The molecule has 0 bridgehead atoms. The minimum absolute atomic E-state index is 0.0831. The summed E-state index contributed by atoms with van der Waals surface area (Å²) in [7, 11) is 0. The lowest BCUT2D eigenvalue weighted by molar-refractivity contribution is 0.265. The molecule has 1 aliphatic carbocycles. The summed E-state index contributed by atoms with van der Waals surface area (Å²) in [5, 5.41) is 0. The van der Waals surface area contributed by atoms with Gasteiger partial charge in [0.15, 0.2) is 0 Å². The van der Waals surface area contributed by atoms with Crippen molar-refractivity contribution in [3.63, 3.8) is 0 Å². The fourth-order valence-electron chi connectivity index (χ4n) is 4.33. The monoisotopic (exact) mass is 402 g/mol. The van der Waals surface area contributed by atoms with Crippen molar-refractivity contribution in [3.8, 4) is 11.1 Å². The molecule has 0 radical (unpaired) electrons. The molecule has 0 aromatic heterocycles. The van der Waals surface area contributed by atoms with Gasteiger partial charge in [0.1, 0.15) is 5.82 Å². The molecule has 2 heteroatoms. The van der Waals surface area contributed by atoms with Crippen molar-refractivity contribution in [1.29, 1.82) is 0 Å². The van der Waals surface area contributed by atoms with Gasteiger partial charge in [0.05, 0.1) is 0 Å². The van der Waals surface area contributed by atoms with Gasteiger partial charge in [-0.05, 0) is 54.0 Å². The van der Waals surface area contributed by atoms with Crippen molar-refractivity contribution < 1.29 is 4.39 Å². The average molecular weight is 403 g/mol. The lowest BCUT2D eigenvalue weighted by Gasteiger charge is -2.38. The van der Waals surface area contributed by atoms with Crippen LogP contribution in [0, 0.1) is 5.82 Å². The largest absolute Gasteiger partial charge is 0.206 e. The van der Waals surface area contributed by atoms with E-state index in [2.05, 4.69) is 28.9 Å². The highest BCUT2D eigenvalue weighted by molar-refractivity contribution is 9.10. The normalized spacial score (nSPS) is 16.8. The van der Waals surface area contributed by atoms with Crippen molar-refractivity contribution in [2.45, 2.75) is 70.1 Å². The molecule has 0 heterocycles. The third-order valence-electron chi connectivity index (χ3n) is 5.81. The van der Waals surface area contributed by atoms with Crippen molar-refractivity contribution in [1.82, 2.24) is 0 Å². The highest BCUT2D eigenvalue weighted by Crippen LogP contribution is 2.44. The Morgan fingerprint density at radius 1 is 0.960 bits per heavy atom. The molecule has 1 saturated carbocycles. The highest BCUT2D eigenvalue weighted by atomic mass is 79.9. The Kier molecular flexibility index (Phi) is 6.33. The summed E-state index contributed by atoms with van der Waals surface area (Å²) in [5.74, 6) is -0.0831. The highest BCUT2D eigenvalue weighted by Gasteiger charge is 2.33. The van der Waals surface area contributed by atoms with E-state index in [-0.39, 0.29) is 11.2 Å². The first-order valence-electron chi connectivity index (χ1n) is 9.71. The second-order valence-corrected chi connectivity index (χ2v) is 8.42. The third kappa shape index (κ3) is 4.34. The van der Waals surface area contributed by atoms with E-state index in [4.69, 9.17) is 0 Å². The SMILES string of the molecule is CCCCCC1(c2ccc(-c3ccc(Br)cc3)c(F)c2)CCCCC1. The lowest BCUT2D eigenvalue weighted by Crippen LogP contribution is -2.29. The fourth-order valence-corrected chi connectivity index (χ4v) is 4.60. The minimum atomic E-state index is -0.0831. The molecule has 134 valence electrons. The van der Waals surface area contributed by atoms with E-state index in [1.54, 1.807) is 0 Å². The maximum atomic E-state index is 14.9. The molecule has 0 spiro atoms. The van der Waals surface area contributed by atoms with Crippen molar-refractivity contribution >= 4 is 15.9 Å². The van der Waals surface area contributed by atoms with Crippen molar-refractivity contribution in [2.75, 3.05) is 0 Å². The van der Waals surface area contributed by atoms with Crippen LogP contribution < -0.4 is 0 Å². The van der Waals surface area contributed by atoms with Gasteiger partial charge in [-0.3, -0.25) is 0 Å². The van der Waals surface area contributed by atoms with E-state index in [0.717, 1.165) is 10.0 Å². The lowest BCUT2D eigenvalue weighted by atomic mass is 9.66. The number of benzene rings is 2. The van der Waals surface area contributed by atoms with Gasteiger partial charge in [-0.1, -0.05) is 85.6 Å². The molecule has 0 nitrogen and oxygen atoms in total. The smallest absolute Gasteiger partial charge is 0.131 e. The zero-order valence-corrected chi connectivity index (χ0v) is 16.7. The van der Waals surface area contributed by atoms with E-state index in [0.29, 0.717) is 5.56 Å². The van der Waals surface area contributed by atoms with Crippen LogP contribution >= 0.6 is 15.9 Å².